The summed E-state index contributed by atoms with van der Waals surface area (Å²) in [6.45, 7) is 1.19. The SMILES string of the molecule is C[C@@H](C(=O)[O-])n1nc(-c2ccccc2)c(-c2ccccc2)c(C(=O)[O-])c1=O. The second-order valence-electron chi connectivity index (χ2n) is 5.86. The zero-order valence-corrected chi connectivity index (χ0v) is 14.3. The molecule has 3 rings (SSSR count). The fraction of sp³-hybridized carbons (Fsp3) is 0.100. The zero-order chi connectivity index (χ0) is 19.6. The highest BCUT2D eigenvalue weighted by atomic mass is 16.4. The van der Waals surface area contributed by atoms with Gasteiger partial charge in [0.25, 0.3) is 5.56 Å². The van der Waals surface area contributed by atoms with Gasteiger partial charge in [-0.05, 0) is 12.5 Å². The smallest absolute Gasteiger partial charge is 0.277 e. The van der Waals surface area contributed by atoms with Gasteiger partial charge in [0, 0.05) is 11.1 Å². The number of carbonyl (C=O) groups is 2. The Kier molecular flexibility index (Phi) is 4.85. The molecule has 0 N–H and O–H groups in total. The molecule has 0 saturated heterocycles. The second-order valence-corrected chi connectivity index (χ2v) is 5.86. The lowest BCUT2D eigenvalue weighted by Gasteiger charge is -2.21. The Balaban J connectivity index is 2.47. The average molecular weight is 362 g/mol. The summed E-state index contributed by atoms with van der Waals surface area (Å²) < 4.78 is 0.606. The normalized spacial score (nSPS) is 11.7. The highest BCUT2D eigenvalue weighted by Crippen LogP contribution is 2.32. The summed E-state index contributed by atoms with van der Waals surface area (Å²) in [5, 5.41) is 27.3. The lowest BCUT2D eigenvalue weighted by Crippen LogP contribution is -2.42. The number of carboxylic acids is 2. The first-order valence-corrected chi connectivity index (χ1v) is 8.11. The summed E-state index contributed by atoms with van der Waals surface area (Å²) in [6, 6.07) is 15.6. The molecule has 7 heteroatoms. The van der Waals surface area contributed by atoms with Crippen LogP contribution in [0.2, 0.25) is 0 Å². The van der Waals surface area contributed by atoms with Gasteiger partial charge >= 0.3 is 0 Å². The van der Waals surface area contributed by atoms with Gasteiger partial charge in [-0.1, -0.05) is 60.7 Å². The summed E-state index contributed by atoms with van der Waals surface area (Å²) >= 11 is 0. The van der Waals surface area contributed by atoms with Crippen LogP contribution in [0.1, 0.15) is 23.3 Å². The predicted octanol–water partition coefficient (Wildman–Crippen LogP) is 0.252. The van der Waals surface area contributed by atoms with Crippen molar-refractivity contribution >= 4 is 11.9 Å². The van der Waals surface area contributed by atoms with Crippen LogP contribution in [0.15, 0.2) is 65.5 Å². The minimum atomic E-state index is -1.71. The van der Waals surface area contributed by atoms with E-state index in [1.165, 1.54) is 6.92 Å². The largest absolute Gasteiger partial charge is 0.548 e. The number of hydrogen-bond acceptors (Lipinski definition) is 6. The molecular formula is C20H14N2O5-2. The van der Waals surface area contributed by atoms with Crippen LogP contribution in [0.25, 0.3) is 22.4 Å². The highest BCUT2D eigenvalue weighted by Gasteiger charge is 2.23. The molecule has 0 saturated carbocycles. The van der Waals surface area contributed by atoms with Gasteiger partial charge in [0.05, 0.1) is 29.2 Å². The van der Waals surface area contributed by atoms with Gasteiger partial charge in [-0.3, -0.25) is 4.79 Å². The van der Waals surface area contributed by atoms with Crippen LogP contribution in [-0.4, -0.2) is 21.7 Å². The van der Waals surface area contributed by atoms with Crippen LogP contribution >= 0.6 is 0 Å². The molecule has 1 heterocycles. The van der Waals surface area contributed by atoms with Gasteiger partial charge < -0.3 is 19.8 Å². The summed E-state index contributed by atoms with van der Waals surface area (Å²) in [5.41, 5.74) is -0.498. The van der Waals surface area contributed by atoms with Gasteiger partial charge in [0.15, 0.2) is 0 Å². The van der Waals surface area contributed by atoms with Crippen molar-refractivity contribution < 1.29 is 19.8 Å². The first kappa shape index (κ1) is 18.1. The average Bonchev–Trinajstić information content (AvgIpc) is 2.68. The van der Waals surface area contributed by atoms with Gasteiger partial charge in [-0.2, -0.15) is 5.10 Å². The molecule has 0 amide bonds. The van der Waals surface area contributed by atoms with E-state index in [0.717, 1.165) is 0 Å². The Morgan fingerprint density at radius 3 is 1.93 bits per heavy atom. The molecule has 0 aliphatic rings. The van der Waals surface area contributed by atoms with Crippen LogP contribution in [0.3, 0.4) is 0 Å². The van der Waals surface area contributed by atoms with Crippen LogP contribution in [0.4, 0.5) is 0 Å². The van der Waals surface area contributed by atoms with E-state index >= 15 is 0 Å². The molecule has 3 aromatic rings. The fourth-order valence-electron chi connectivity index (χ4n) is 2.78. The topological polar surface area (TPSA) is 115 Å². The Morgan fingerprint density at radius 1 is 0.926 bits per heavy atom. The van der Waals surface area contributed by atoms with Gasteiger partial charge in [0.2, 0.25) is 0 Å². The molecule has 0 aliphatic carbocycles. The Bertz CT molecular complexity index is 1060. The standard InChI is InChI=1S/C20H16N2O5/c1-12(19(24)25)22-18(23)16(20(26)27)15(13-8-4-2-5-9-13)17(21-22)14-10-6-3-7-11-14/h2-12H,1H3,(H,24,25)(H,26,27)/p-2/t12-/m0/s1. The molecule has 2 aromatic carbocycles. The molecule has 1 aromatic heterocycles. The van der Waals surface area contributed by atoms with E-state index in [-0.39, 0.29) is 11.3 Å². The van der Waals surface area contributed by atoms with E-state index in [0.29, 0.717) is 15.8 Å². The van der Waals surface area contributed by atoms with Crippen molar-refractivity contribution in [2.45, 2.75) is 13.0 Å². The molecule has 27 heavy (non-hydrogen) atoms. The molecule has 0 spiro atoms. The number of aliphatic carboxylic acids is 1. The summed E-state index contributed by atoms with van der Waals surface area (Å²) in [6.07, 6.45) is 0. The number of nitrogens with zero attached hydrogens (tertiary/aromatic N) is 2. The van der Waals surface area contributed by atoms with Crippen molar-refractivity contribution in [2.24, 2.45) is 0 Å². The molecule has 0 unspecified atom stereocenters. The zero-order valence-electron chi connectivity index (χ0n) is 14.3. The molecular weight excluding hydrogens is 348 g/mol. The lowest BCUT2D eigenvalue weighted by atomic mass is 9.95. The van der Waals surface area contributed by atoms with Crippen LogP contribution in [0.5, 0.6) is 0 Å². The molecule has 7 nitrogen and oxygen atoms in total. The van der Waals surface area contributed by atoms with E-state index in [1.54, 1.807) is 60.7 Å². The van der Waals surface area contributed by atoms with E-state index in [1.807, 2.05) is 0 Å². The van der Waals surface area contributed by atoms with Crippen LogP contribution in [-0.2, 0) is 4.79 Å². The third-order valence-corrected chi connectivity index (χ3v) is 4.14. The number of aromatic carboxylic acids is 1. The van der Waals surface area contributed by atoms with E-state index in [2.05, 4.69) is 5.10 Å². The van der Waals surface area contributed by atoms with Crippen molar-refractivity contribution in [1.82, 2.24) is 9.78 Å². The molecule has 0 radical (unpaired) electrons. The maximum absolute atomic E-state index is 12.7. The summed E-state index contributed by atoms with van der Waals surface area (Å²) in [4.78, 5) is 35.8. The Morgan fingerprint density at radius 2 is 1.44 bits per heavy atom. The number of hydrogen-bond donors (Lipinski definition) is 0. The van der Waals surface area contributed by atoms with Gasteiger partial charge in [0.1, 0.15) is 0 Å². The summed E-state index contributed by atoms with van der Waals surface area (Å²) in [7, 11) is 0. The van der Waals surface area contributed by atoms with Crippen LogP contribution in [0, 0.1) is 0 Å². The minimum Gasteiger partial charge on any atom is -0.548 e. The number of rotatable bonds is 5. The third-order valence-electron chi connectivity index (χ3n) is 4.14. The fourth-order valence-corrected chi connectivity index (χ4v) is 2.78. The lowest BCUT2D eigenvalue weighted by molar-refractivity contribution is -0.310. The minimum absolute atomic E-state index is 0.0774. The Hall–Kier alpha value is -3.74. The van der Waals surface area contributed by atoms with E-state index in [4.69, 9.17) is 0 Å². The van der Waals surface area contributed by atoms with Crippen LogP contribution < -0.4 is 15.8 Å². The third kappa shape index (κ3) is 3.35. The number of benzene rings is 2. The van der Waals surface area contributed by atoms with Crippen molar-refractivity contribution in [3.05, 3.63) is 76.6 Å². The number of carboxylic acid groups (broad SMARTS) is 2. The number of carbonyl (C=O) groups excluding carboxylic acids is 2. The van der Waals surface area contributed by atoms with Crippen molar-refractivity contribution in [3.63, 3.8) is 0 Å². The molecule has 0 aliphatic heterocycles. The monoisotopic (exact) mass is 362 g/mol. The molecule has 0 bridgehead atoms. The quantitative estimate of drug-likeness (QED) is 0.643. The maximum Gasteiger partial charge on any atom is 0.277 e. The van der Waals surface area contributed by atoms with E-state index in [9.17, 15) is 24.6 Å². The van der Waals surface area contributed by atoms with Gasteiger partial charge in [-0.25, -0.2) is 4.68 Å². The first-order chi connectivity index (χ1) is 12.9. The molecule has 136 valence electrons. The predicted molar refractivity (Wildman–Crippen MR) is 93.4 cm³/mol. The number of aromatic nitrogens is 2. The van der Waals surface area contributed by atoms with Crippen molar-refractivity contribution in [3.8, 4) is 22.4 Å². The highest BCUT2D eigenvalue weighted by molar-refractivity contribution is 5.99. The maximum atomic E-state index is 12.7. The first-order valence-electron chi connectivity index (χ1n) is 8.11. The van der Waals surface area contributed by atoms with E-state index < -0.39 is 29.1 Å². The molecule has 0 fully saturated rings. The second kappa shape index (κ2) is 7.25. The molecule has 1 atom stereocenters. The summed E-state index contributed by atoms with van der Waals surface area (Å²) in [5.74, 6) is -3.27. The van der Waals surface area contributed by atoms with Crippen molar-refractivity contribution in [1.29, 1.82) is 0 Å². The van der Waals surface area contributed by atoms with Crippen molar-refractivity contribution in [2.75, 3.05) is 0 Å². The van der Waals surface area contributed by atoms with Gasteiger partial charge in [-0.15, -0.1) is 0 Å². The Labute approximate surface area is 154 Å².